The molecule has 0 aliphatic carbocycles. The Bertz CT molecular complexity index is 1180. The molecule has 1 N–H and O–H groups in total. The number of nitrogens with one attached hydrogen (secondary N) is 1. The Morgan fingerprint density at radius 3 is 2.42 bits per heavy atom. The fourth-order valence-corrected chi connectivity index (χ4v) is 4.25. The SMILES string of the molecule is C=CC(=O)N1[C@@H](c2ccc(C(=O)OC)cc2)c2[nH]c3ccccc3c2C[C@@H]1C(=O)OC. The largest absolute Gasteiger partial charge is 0.467 e. The first-order chi connectivity index (χ1) is 15.0. The molecule has 158 valence electrons. The first kappa shape index (κ1) is 20.4. The molecule has 0 fully saturated rings. The molecule has 0 radical (unpaired) electrons. The van der Waals surface area contributed by atoms with Crippen LogP contribution in [0.4, 0.5) is 0 Å². The lowest BCUT2D eigenvalue weighted by molar-refractivity contribution is -0.153. The lowest BCUT2D eigenvalue weighted by Gasteiger charge is -2.40. The first-order valence-corrected chi connectivity index (χ1v) is 9.80. The van der Waals surface area contributed by atoms with E-state index in [9.17, 15) is 14.4 Å². The van der Waals surface area contributed by atoms with Gasteiger partial charge in [-0.3, -0.25) is 4.79 Å². The number of aromatic nitrogens is 1. The van der Waals surface area contributed by atoms with Crippen molar-refractivity contribution in [1.82, 2.24) is 9.88 Å². The van der Waals surface area contributed by atoms with Gasteiger partial charge in [-0.15, -0.1) is 0 Å². The third-order valence-electron chi connectivity index (χ3n) is 5.68. The number of para-hydroxylation sites is 1. The monoisotopic (exact) mass is 418 g/mol. The highest BCUT2D eigenvalue weighted by atomic mass is 16.5. The fourth-order valence-electron chi connectivity index (χ4n) is 4.25. The summed E-state index contributed by atoms with van der Waals surface area (Å²) < 4.78 is 9.80. The molecule has 2 aromatic carbocycles. The maximum atomic E-state index is 12.9. The molecule has 0 bridgehead atoms. The number of ether oxygens (including phenoxy) is 2. The quantitative estimate of drug-likeness (QED) is 0.519. The van der Waals surface area contributed by atoms with E-state index in [1.165, 1.54) is 25.2 Å². The van der Waals surface area contributed by atoms with Gasteiger partial charge in [-0.2, -0.15) is 0 Å². The van der Waals surface area contributed by atoms with Crippen molar-refractivity contribution in [3.05, 3.63) is 83.6 Å². The predicted molar refractivity (Wildman–Crippen MR) is 114 cm³/mol. The van der Waals surface area contributed by atoms with Gasteiger partial charge in [0.05, 0.1) is 25.8 Å². The number of aromatic amines is 1. The van der Waals surface area contributed by atoms with Gasteiger partial charge in [0.15, 0.2) is 0 Å². The Morgan fingerprint density at radius 1 is 1.06 bits per heavy atom. The highest BCUT2D eigenvalue weighted by Crippen LogP contribution is 2.41. The van der Waals surface area contributed by atoms with Gasteiger partial charge in [-0.1, -0.05) is 36.9 Å². The Balaban J connectivity index is 1.93. The molecule has 7 heteroatoms. The Hall–Kier alpha value is -3.87. The number of methoxy groups -OCH3 is 2. The Kier molecular flexibility index (Phi) is 5.33. The van der Waals surface area contributed by atoms with Gasteiger partial charge >= 0.3 is 11.9 Å². The summed E-state index contributed by atoms with van der Waals surface area (Å²) in [6.45, 7) is 3.62. The molecule has 1 aromatic heterocycles. The highest BCUT2D eigenvalue weighted by molar-refractivity contribution is 5.94. The smallest absolute Gasteiger partial charge is 0.337 e. The summed E-state index contributed by atoms with van der Waals surface area (Å²) in [4.78, 5) is 42.4. The van der Waals surface area contributed by atoms with Crippen LogP contribution in [0.2, 0.25) is 0 Å². The molecule has 31 heavy (non-hydrogen) atoms. The number of fused-ring (bicyclic) bond motifs is 3. The Morgan fingerprint density at radius 2 is 1.77 bits per heavy atom. The van der Waals surface area contributed by atoms with E-state index in [1.54, 1.807) is 24.3 Å². The normalized spacial score (nSPS) is 17.7. The summed E-state index contributed by atoms with van der Waals surface area (Å²) in [7, 11) is 2.63. The molecule has 0 saturated heterocycles. The average molecular weight is 418 g/mol. The number of benzene rings is 2. The van der Waals surface area contributed by atoms with Crippen LogP contribution in [0.15, 0.2) is 61.2 Å². The predicted octanol–water partition coefficient (Wildman–Crippen LogP) is 3.16. The second kappa shape index (κ2) is 8.10. The molecular weight excluding hydrogens is 396 g/mol. The second-order valence-electron chi connectivity index (χ2n) is 7.27. The molecule has 3 aromatic rings. The van der Waals surface area contributed by atoms with Crippen molar-refractivity contribution < 1.29 is 23.9 Å². The van der Waals surface area contributed by atoms with Crippen molar-refractivity contribution in [2.24, 2.45) is 0 Å². The van der Waals surface area contributed by atoms with E-state index < -0.39 is 24.0 Å². The topological polar surface area (TPSA) is 88.7 Å². The van der Waals surface area contributed by atoms with Gasteiger partial charge in [0.1, 0.15) is 6.04 Å². The molecule has 7 nitrogen and oxygen atoms in total. The summed E-state index contributed by atoms with van der Waals surface area (Å²) in [5.74, 6) is -1.34. The number of hydrogen-bond acceptors (Lipinski definition) is 5. The zero-order valence-corrected chi connectivity index (χ0v) is 17.3. The Labute approximate surface area is 179 Å². The maximum absolute atomic E-state index is 12.9. The summed E-state index contributed by atoms with van der Waals surface area (Å²) in [5, 5.41) is 0.994. The van der Waals surface area contributed by atoms with E-state index in [0.717, 1.165) is 27.7 Å². The maximum Gasteiger partial charge on any atom is 0.337 e. The fraction of sp³-hybridized carbons (Fsp3) is 0.208. The molecular formula is C24H22N2O5. The van der Waals surface area contributed by atoms with E-state index in [4.69, 9.17) is 9.47 Å². The van der Waals surface area contributed by atoms with Crippen LogP contribution in [0.25, 0.3) is 10.9 Å². The van der Waals surface area contributed by atoms with Crippen LogP contribution < -0.4 is 0 Å². The van der Waals surface area contributed by atoms with Gasteiger partial charge in [-0.25, -0.2) is 9.59 Å². The standard InChI is InChI=1S/C24H22N2O5/c1-4-20(27)26-19(24(29)31-3)13-17-16-7-5-6-8-18(16)25-21(17)22(26)14-9-11-15(12-10-14)23(28)30-2/h4-12,19,22,25H,1,13H2,2-3H3/t19-,22+/m1/s1. The van der Waals surface area contributed by atoms with Crippen LogP contribution in [0, 0.1) is 0 Å². The van der Waals surface area contributed by atoms with E-state index >= 15 is 0 Å². The molecule has 2 atom stereocenters. The number of esters is 2. The number of hydrogen-bond donors (Lipinski definition) is 1. The van der Waals surface area contributed by atoms with Crippen molar-refractivity contribution in [1.29, 1.82) is 0 Å². The van der Waals surface area contributed by atoms with Crippen LogP contribution in [-0.2, 0) is 25.5 Å². The van der Waals surface area contributed by atoms with E-state index in [0.29, 0.717) is 12.0 Å². The van der Waals surface area contributed by atoms with Gasteiger partial charge < -0.3 is 19.4 Å². The van der Waals surface area contributed by atoms with Gasteiger partial charge in [0.25, 0.3) is 0 Å². The summed E-state index contributed by atoms with van der Waals surface area (Å²) >= 11 is 0. The van der Waals surface area contributed by atoms with Crippen molar-refractivity contribution in [3.63, 3.8) is 0 Å². The average Bonchev–Trinajstić information content (AvgIpc) is 3.19. The van der Waals surface area contributed by atoms with Crippen molar-refractivity contribution in [3.8, 4) is 0 Å². The van der Waals surface area contributed by atoms with Crippen LogP contribution in [0.1, 0.15) is 33.2 Å². The van der Waals surface area contributed by atoms with E-state index in [1.807, 2.05) is 24.3 Å². The van der Waals surface area contributed by atoms with Crippen LogP contribution in [0.5, 0.6) is 0 Å². The van der Waals surface area contributed by atoms with Crippen LogP contribution in [0.3, 0.4) is 0 Å². The number of amides is 1. The number of carbonyl (C=O) groups is 3. The first-order valence-electron chi connectivity index (χ1n) is 9.80. The highest BCUT2D eigenvalue weighted by Gasteiger charge is 2.43. The van der Waals surface area contributed by atoms with E-state index in [2.05, 4.69) is 11.6 Å². The molecule has 0 spiro atoms. The molecule has 1 aliphatic heterocycles. The van der Waals surface area contributed by atoms with Gasteiger partial charge in [-0.05, 0) is 35.4 Å². The zero-order chi connectivity index (χ0) is 22.1. The lowest BCUT2D eigenvalue weighted by Crippen LogP contribution is -2.51. The molecule has 0 unspecified atom stereocenters. The number of nitrogens with zero attached hydrogens (tertiary/aromatic N) is 1. The van der Waals surface area contributed by atoms with E-state index in [-0.39, 0.29) is 5.91 Å². The van der Waals surface area contributed by atoms with Gasteiger partial charge in [0, 0.05) is 23.0 Å². The zero-order valence-electron chi connectivity index (χ0n) is 17.3. The van der Waals surface area contributed by atoms with Crippen molar-refractivity contribution >= 4 is 28.7 Å². The summed E-state index contributed by atoms with van der Waals surface area (Å²) in [6.07, 6.45) is 1.52. The van der Waals surface area contributed by atoms with Crippen molar-refractivity contribution in [2.45, 2.75) is 18.5 Å². The minimum absolute atomic E-state index is 0.322. The molecule has 1 aliphatic rings. The number of H-pyrrole nitrogens is 1. The third-order valence-corrected chi connectivity index (χ3v) is 5.68. The lowest BCUT2D eigenvalue weighted by atomic mass is 9.87. The molecule has 4 rings (SSSR count). The third kappa shape index (κ3) is 3.38. The molecule has 1 amide bonds. The second-order valence-corrected chi connectivity index (χ2v) is 7.27. The van der Waals surface area contributed by atoms with Crippen LogP contribution in [-0.4, -0.2) is 48.0 Å². The minimum atomic E-state index is -0.813. The minimum Gasteiger partial charge on any atom is -0.467 e. The molecule has 0 saturated carbocycles. The molecule has 2 heterocycles. The van der Waals surface area contributed by atoms with Crippen molar-refractivity contribution in [2.75, 3.05) is 14.2 Å². The summed E-state index contributed by atoms with van der Waals surface area (Å²) in [5.41, 5.74) is 3.83. The van der Waals surface area contributed by atoms with Gasteiger partial charge in [0.2, 0.25) is 5.91 Å². The number of carbonyl (C=O) groups excluding carboxylic acids is 3. The summed E-state index contributed by atoms with van der Waals surface area (Å²) in [6, 6.07) is 13.2. The van der Waals surface area contributed by atoms with Crippen LogP contribution >= 0.6 is 0 Å². The number of rotatable bonds is 4.